The lowest BCUT2D eigenvalue weighted by molar-refractivity contribution is -0.139. The smallest absolute Gasteiger partial charge is 0.330 e. The number of furan rings is 1. The molecule has 30 heavy (non-hydrogen) atoms. The predicted molar refractivity (Wildman–Crippen MR) is 106 cm³/mol. The Kier molecular flexibility index (Phi) is 8.92. The van der Waals surface area contributed by atoms with Crippen LogP contribution in [-0.2, 0) is 35.0 Å². The maximum Gasteiger partial charge on any atom is 0.330 e. The first-order chi connectivity index (χ1) is 14.5. The van der Waals surface area contributed by atoms with Crippen LogP contribution < -0.4 is 9.47 Å². The number of esters is 2. The minimum Gasteiger partial charge on any atom is -0.469 e. The summed E-state index contributed by atoms with van der Waals surface area (Å²) in [6, 6.07) is 6.69. The van der Waals surface area contributed by atoms with Crippen molar-refractivity contribution < 1.29 is 42.4 Å². The third kappa shape index (κ3) is 6.36. The molecule has 0 spiro atoms. The number of ether oxygens (including phenoxy) is 6. The van der Waals surface area contributed by atoms with Crippen molar-refractivity contribution in [2.75, 3.05) is 42.0 Å². The number of rotatable bonds is 11. The highest BCUT2D eigenvalue weighted by molar-refractivity contribution is 5.86. The Morgan fingerprint density at radius 1 is 0.967 bits per heavy atom. The second-order valence-electron chi connectivity index (χ2n) is 5.87. The summed E-state index contributed by atoms with van der Waals surface area (Å²) in [6.45, 7) is -0.0157. The molecule has 0 saturated heterocycles. The van der Waals surface area contributed by atoms with Gasteiger partial charge in [0.1, 0.15) is 23.0 Å². The Morgan fingerprint density at radius 3 is 2.37 bits per heavy atom. The Bertz CT molecular complexity index is 883. The molecular weight excluding hydrogens is 396 g/mol. The van der Waals surface area contributed by atoms with Crippen LogP contribution in [0.5, 0.6) is 11.5 Å². The van der Waals surface area contributed by atoms with Gasteiger partial charge in [-0.1, -0.05) is 0 Å². The van der Waals surface area contributed by atoms with Crippen molar-refractivity contribution in [1.82, 2.24) is 0 Å². The summed E-state index contributed by atoms with van der Waals surface area (Å²) in [5, 5.41) is 0. The number of carbonyl (C=O) groups is 2. The van der Waals surface area contributed by atoms with Gasteiger partial charge in [-0.05, 0) is 29.8 Å². The summed E-state index contributed by atoms with van der Waals surface area (Å²) >= 11 is 0. The van der Waals surface area contributed by atoms with Gasteiger partial charge in [0.05, 0.1) is 26.2 Å². The van der Waals surface area contributed by atoms with Gasteiger partial charge in [0, 0.05) is 26.4 Å². The highest BCUT2D eigenvalue weighted by atomic mass is 16.7. The molecule has 1 heterocycles. The van der Waals surface area contributed by atoms with Crippen molar-refractivity contribution >= 4 is 18.0 Å². The van der Waals surface area contributed by atoms with Gasteiger partial charge in [0.15, 0.2) is 13.6 Å². The van der Waals surface area contributed by atoms with Crippen LogP contribution in [0.4, 0.5) is 0 Å². The van der Waals surface area contributed by atoms with Gasteiger partial charge in [-0.15, -0.1) is 0 Å². The summed E-state index contributed by atoms with van der Waals surface area (Å²) in [5.74, 6) is 0.683. The average molecular weight is 420 g/mol. The van der Waals surface area contributed by atoms with E-state index in [1.165, 1.54) is 40.6 Å². The molecule has 0 aliphatic rings. The summed E-state index contributed by atoms with van der Waals surface area (Å²) in [7, 11) is 5.57. The van der Waals surface area contributed by atoms with Crippen LogP contribution in [-0.4, -0.2) is 54.0 Å². The maximum atomic E-state index is 12.0. The molecule has 0 N–H and O–H groups in total. The molecule has 0 bridgehead atoms. The highest BCUT2D eigenvalue weighted by Gasteiger charge is 2.20. The van der Waals surface area contributed by atoms with Crippen LogP contribution in [0.25, 0.3) is 17.4 Å². The monoisotopic (exact) mass is 420 g/mol. The fourth-order valence-electron chi connectivity index (χ4n) is 2.53. The fourth-order valence-corrected chi connectivity index (χ4v) is 2.53. The first kappa shape index (κ1) is 23.0. The van der Waals surface area contributed by atoms with Crippen LogP contribution >= 0.6 is 0 Å². The molecule has 0 amide bonds. The van der Waals surface area contributed by atoms with E-state index in [-0.39, 0.29) is 20.0 Å². The molecular formula is C21H24O9. The Labute approximate surface area is 174 Å². The van der Waals surface area contributed by atoms with Crippen LogP contribution in [0.3, 0.4) is 0 Å². The van der Waals surface area contributed by atoms with E-state index in [4.69, 9.17) is 28.1 Å². The SMILES string of the molecule is COCOc1cc(CC(=O)OC)c(-c2ccc(C=CC(=O)OC)o2)c(OCOC)c1. The zero-order valence-electron chi connectivity index (χ0n) is 17.3. The van der Waals surface area contributed by atoms with Gasteiger partial charge in [-0.3, -0.25) is 4.79 Å². The Balaban J connectivity index is 2.52. The molecule has 0 saturated carbocycles. The van der Waals surface area contributed by atoms with Gasteiger partial charge in [0.25, 0.3) is 0 Å². The molecule has 9 heteroatoms. The molecule has 0 aliphatic carbocycles. The van der Waals surface area contributed by atoms with E-state index in [0.717, 1.165) is 0 Å². The summed E-state index contributed by atoms with van der Waals surface area (Å²) in [6.07, 6.45) is 2.66. The van der Waals surface area contributed by atoms with Crippen molar-refractivity contribution in [2.24, 2.45) is 0 Å². The summed E-state index contributed by atoms with van der Waals surface area (Å²) < 4.78 is 36.4. The number of methoxy groups -OCH3 is 4. The molecule has 2 aromatic rings. The van der Waals surface area contributed by atoms with E-state index < -0.39 is 11.9 Å². The second kappa shape index (κ2) is 11.6. The standard InChI is InChI=1S/C21H24O9/c1-24-12-28-16-9-14(10-20(23)27-4)21(18(11-16)29-13-25-2)17-7-5-15(30-17)6-8-19(22)26-3/h5-9,11H,10,12-13H2,1-4H3. The number of hydrogen-bond donors (Lipinski definition) is 0. The van der Waals surface area contributed by atoms with Gasteiger partial charge in [-0.25, -0.2) is 4.79 Å². The van der Waals surface area contributed by atoms with Crippen molar-refractivity contribution in [3.8, 4) is 22.8 Å². The average Bonchev–Trinajstić information content (AvgIpc) is 3.22. The molecule has 0 unspecified atom stereocenters. The molecule has 2 rings (SSSR count). The fraction of sp³-hybridized carbons (Fsp3) is 0.333. The van der Waals surface area contributed by atoms with Crippen molar-refractivity contribution in [1.29, 1.82) is 0 Å². The molecule has 162 valence electrons. The zero-order chi connectivity index (χ0) is 21.9. The minimum absolute atomic E-state index is 0.0178. The summed E-state index contributed by atoms with van der Waals surface area (Å²) in [4.78, 5) is 23.3. The molecule has 0 radical (unpaired) electrons. The van der Waals surface area contributed by atoms with Gasteiger partial charge >= 0.3 is 11.9 Å². The first-order valence-corrected chi connectivity index (χ1v) is 8.85. The van der Waals surface area contributed by atoms with E-state index >= 15 is 0 Å². The lowest BCUT2D eigenvalue weighted by atomic mass is 10.0. The van der Waals surface area contributed by atoms with Gasteiger partial charge in [-0.2, -0.15) is 0 Å². The third-order valence-electron chi connectivity index (χ3n) is 3.85. The number of benzene rings is 1. The summed E-state index contributed by atoms with van der Waals surface area (Å²) in [5.41, 5.74) is 1.08. The first-order valence-electron chi connectivity index (χ1n) is 8.85. The maximum absolute atomic E-state index is 12.0. The molecule has 0 aliphatic heterocycles. The topological polar surface area (TPSA) is 103 Å². The van der Waals surface area contributed by atoms with E-state index in [2.05, 4.69) is 4.74 Å². The molecule has 0 fully saturated rings. The van der Waals surface area contributed by atoms with E-state index in [9.17, 15) is 9.59 Å². The van der Waals surface area contributed by atoms with Gasteiger partial charge in [0.2, 0.25) is 0 Å². The lowest BCUT2D eigenvalue weighted by Crippen LogP contribution is -2.09. The lowest BCUT2D eigenvalue weighted by Gasteiger charge is -2.16. The number of carbonyl (C=O) groups excluding carboxylic acids is 2. The largest absolute Gasteiger partial charge is 0.469 e. The van der Waals surface area contributed by atoms with Crippen LogP contribution in [0.15, 0.2) is 34.8 Å². The molecule has 9 nitrogen and oxygen atoms in total. The van der Waals surface area contributed by atoms with Crippen molar-refractivity contribution in [3.05, 3.63) is 41.7 Å². The number of hydrogen-bond acceptors (Lipinski definition) is 9. The van der Waals surface area contributed by atoms with Crippen LogP contribution in [0.2, 0.25) is 0 Å². The van der Waals surface area contributed by atoms with Crippen LogP contribution in [0.1, 0.15) is 11.3 Å². The van der Waals surface area contributed by atoms with E-state index in [1.807, 2.05) is 0 Å². The quantitative estimate of drug-likeness (QED) is 0.308. The molecule has 1 aromatic heterocycles. The Hall–Kier alpha value is -3.30. The zero-order valence-corrected chi connectivity index (χ0v) is 17.3. The van der Waals surface area contributed by atoms with Crippen molar-refractivity contribution in [3.63, 3.8) is 0 Å². The molecule has 1 aromatic carbocycles. The third-order valence-corrected chi connectivity index (χ3v) is 3.85. The minimum atomic E-state index is -0.511. The normalized spacial score (nSPS) is 10.8. The second-order valence-corrected chi connectivity index (χ2v) is 5.87. The van der Waals surface area contributed by atoms with Crippen molar-refractivity contribution in [2.45, 2.75) is 6.42 Å². The van der Waals surface area contributed by atoms with Gasteiger partial charge < -0.3 is 32.8 Å². The van der Waals surface area contributed by atoms with Crippen LogP contribution in [0, 0.1) is 0 Å². The molecule has 0 atom stereocenters. The Morgan fingerprint density at radius 2 is 1.70 bits per heavy atom. The van der Waals surface area contributed by atoms with E-state index in [1.54, 1.807) is 24.3 Å². The highest BCUT2D eigenvalue weighted by Crippen LogP contribution is 2.39. The van der Waals surface area contributed by atoms with E-state index in [0.29, 0.717) is 34.1 Å². The predicted octanol–water partition coefficient (Wildman–Crippen LogP) is 2.81.